The van der Waals surface area contributed by atoms with E-state index < -0.39 is 12.3 Å². The monoisotopic (exact) mass is 161 g/mol. The maximum atomic E-state index is 13.1. The Morgan fingerprint density at radius 3 is 2.64 bits per heavy atom. The maximum absolute atomic E-state index is 13.1. The molecule has 3 heteroatoms. The van der Waals surface area contributed by atoms with E-state index in [1.165, 1.54) is 6.92 Å². The Labute approximate surface area is 67.0 Å². The lowest BCUT2D eigenvalue weighted by atomic mass is 9.99. The van der Waals surface area contributed by atoms with Gasteiger partial charge in [0.15, 0.2) is 0 Å². The summed E-state index contributed by atoms with van der Waals surface area (Å²) in [5.41, 5.74) is 0. The van der Waals surface area contributed by atoms with Gasteiger partial charge in [-0.2, -0.15) is 0 Å². The Morgan fingerprint density at radius 2 is 2.27 bits per heavy atom. The van der Waals surface area contributed by atoms with Crippen LogP contribution in [0.15, 0.2) is 0 Å². The van der Waals surface area contributed by atoms with Gasteiger partial charge in [-0.1, -0.05) is 0 Å². The van der Waals surface area contributed by atoms with Crippen molar-refractivity contribution in [2.24, 2.45) is 5.92 Å². The smallest absolute Gasteiger partial charge is 0.130 e. The van der Waals surface area contributed by atoms with Gasteiger partial charge in [0.1, 0.15) is 6.17 Å². The number of rotatable bonds is 2. The normalized spacial score (nSPS) is 32.2. The number of hydrogen-bond donors (Lipinski definition) is 1. The molecule has 1 fully saturated rings. The predicted molar refractivity (Wildman–Crippen MR) is 42.2 cm³/mol. The van der Waals surface area contributed by atoms with E-state index in [1.807, 2.05) is 7.05 Å². The molecule has 1 aliphatic heterocycles. The van der Waals surface area contributed by atoms with Crippen molar-refractivity contribution in [3.8, 4) is 0 Å². The topological polar surface area (TPSA) is 23.5 Å². The fraction of sp³-hybridized carbons (Fsp3) is 1.00. The second kappa shape index (κ2) is 3.50. The summed E-state index contributed by atoms with van der Waals surface area (Å²) in [6.07, 6.45) is -0.978. The van der Waals surface area contributed by atoms with Gasteiger partial charge in [0.05, 0.1) is 6.10 Å². The van der Waals surface area contributed by atoms with Crippen LogP contribution in [0.2, 0.25) is 0 Å². The van der Waals surface area contributed by atoms with Crippen molar-refractivity contribution in [1.82, 2.24) is 4.90 Å². The number of likely N-dealkylation sites (tertiary alicyclic amines) is 1. The fourth-order valence-corrected chi connectivity index (χ4v) is 1.62. The van der Waals surface area contributed by atoms with Gasteiger partial charge >= 0.3 is 0 Å². The Bertz CT molecular complexity index is 129. The summed E-state index contributed by atoms with van der Waals surface area (Å²) in [7, 11) is 1.98. The second-order valence-electron chi connectivity index (χ2n) is 3.50. The third-order valence-electron chi connectivity index (χ3n) is 2.34. The lowest BCUT2D eigenvalue weighted by Crippen LogP contribution is -2.29. The van der Waals surface area contributed by atoms with Crippen molar-refractivity contribution < 1.29 is 9.50 Å². The van der Waals surface area contributed by atoms with Crippen molar-refractivity contribution in [2.45, 2.75) is 25.6 Å². The summed E-state index contributed by atoms with van der Waals surface area (Å²) < 4.78 is 13.1. The highest BCUT2D eigenvalue weighted by atomic mass is 19.1. The molecule has 1 heterocycles. The van der Waals surface area contributed by atoms with Crippen molar-refractivity contribution in [1.29, 1.82) is 0 Å². The molecule has 1 saturated heterocycles. The van der Waals surface area contributed by atoms with Gasteiger partial charge in [0.2, 0.25) is 0 Å². The van der Waals surface area contributed by atoms with E-state index in [1.54, 1.807) is 0 Å². The highest BCUT2D eigenvalue weighted by molar-refractivity contribution is 4.81. The van der Waals surface area contributed by atoms with E-state index in [4.69, 9.17) is 5.11 Å². The minimum Gasteiger partial charge on any atom is -0.390 e. The molecule has 0 spiro atoms. The highest BCUT2D eigenvalue weighted by Crippen LogP contribution is 2.22. The average molecular weight is 161 g/mol. The van der Waals surface area contributed by atoms with Crippen LogP contribution in [-0.4, -0.2) is 42.4 Å². The minimum absolute atomic E-state index is 0.0417. The molecule has 1 N–H and O–H groups in total. The first kappa shape index (κ1) is 8.94. The van der Waals surface area contributed by atoms with Gasteiger partial charge in [-0.3, -0.25) is 0 Å². The molecule has 0 aromatic carbocycles. The molecule has 0 amide bonds. The molecule has 2 nitrogen and oxygen atoms in total. The van der Waals surface area contributed by atoms with Crippen LogP contribution < -0.4 is 0 Å². The number of hydrogen-bond acceptors (Lipinski definition) is 2. The van der Waals surface area contributed by atoms with Gasteiger partial charge in [-0.15, -0.1) is 0 Å². The lowest BCUT2D eigenvalue weighted by molar-refractivity contribution is 0.0575. The Kier molecular flexibility index (Phi) is 2.84. The first-order valence-electron chi connectivity index (χ1n) is 4.12. The van der Waals surface area contributed by atoms with Crippen LogP contribution in [0.5, 0.6) is 0 Å². The first-order valence-corrected chi connectivity index (χ1v) is 4.12. The number of aliphatic hydroxyl groups is 1. The van der Waals surface area contributed by atoms with Crippen LogP contribution in [0.1, 0.15) is 13.3 Å². The zero-order valence-corrected chi connectivity index (χ0v) is 7.13. The number of alkyl halides is 1. The molecule has 0 radical (unpaired) electrons. The summed E-state index contributed by atoms with van der Waals surface area (Å²) in [6.45, 7) is 3.26. The standard InChI is InChI=1S/C8H16FNO/c1-6(11)8(9)7-3-4-10(2)5-7/h6-8,11H,3-5H2,1-2H3. The quantitative estimate of drug-likeness (QED) is 0.643. The molecule has 1 rings (SSSR count). The molecule has 0 aliphatic carbocycles. The Balaban J connectivity index is 2.36. The van der Waals surface area contributed by atoms with Crippen LogP contribution in [-0.2, 0) is 0 Å². The van der Waals surface area contributed by atoms with Crippen LogP contribution in [0.3, 0.4) is 0 Å². The molecular weight excluding hydrogens is 145 g/mol. The van der Waals surface area contributed by atoms with Crippen molar-refractivity contribution >= 4 is 0 Å². The zero-order chi connectivity index (χ0) is 8.43. The third-order valence-corrected chi connectivity index (χ3v) is 2.34. The van der Waals surface area contributed by atoms with E-state index in [0.29, 0.717) is 0 Å². The second-order valence-corrected chi connectivity index (χ2v) is 3.50. The van der Waals surface area contributed by atoms with Crippen LogP contribution in [0, 0.1) is 5.92 Å². The molecule has 0 aromatic rings. The number of halogens is 1. The number of nitrogens with zero attached hydrogens (tertiary/aromatic N) is 1. The van der Waals surface area contributed by atoms with Gasteiger partial charge < -0.3 is 10.0 Å². The Morgan fingerprint density at radius 1 is 1.64 bits per heavy atom. The largest absolute Gasteiger partial charge is 0.390 e. The molecule has 66 valence electrons. The summed E-state index contributed by atoms with van der Waals surface area (Å²) in [5, 5.41) is 8.97. The predicted octanol–water partition coefficient (Wildman–Crippen LogP) is 0.657. The van der Waals surface area contributed by atoms with E-state index in [2.05, 4.69) is 4.90 Å². The van der Waals surface area contributed by atoms with Crippen molar-refractivity contribution in [2.75, 3.05) is 20.1 Å². The summed E-state index contributed by atoms with van der Waals surface area (Å²) in [5.74, 6) is 0.0417. The lowest BCUT2D eigenvalue weighted by Gasteiger charge is -2.17. The van der Waals surface area contributed by atoms with Gasteiger partial charge in [0, 0.05) is 12.5 Å². The highest BCUT2D eigenvalue weighted by Gasteiger charge is 2.30. The minimum atomic E-state index is -1.04. The van der Waals surface area contributed by atoms with E-state index in [9.17, 15) is 4.39 Å². The molecule has 3 atom stereocenters. The zero-order valence-electron chi connectivity index (χ0n) is 7.13. The van der Waals surface area contributed by atoms with Crippen molar-refractivity contribution in [3.63, 3.8) is 0 Å². The molecule has 11 heavy (non-hydrogen) atoms. The van der Waals surface area contributed by atoms with Crippen LogP contribution in [0.25, 0.3) is 0 Å². The maximum Gasteiger partial charge on any atom is 0.130 e. The van der Waals surface area contributed by atoms with Crippen LogP contribution >= 0.6 is 0 Å². The van der Waals surface area contributed by atoms with E-state index in [-0.39, 0.29) is 5.92 Å². The fourth-order valence-electron chi connectivity index (χ4n) is 1.62. The van der Waals surface area contributed by atoms with Gasteiger partial charge in [-0.05, 0) is 26.9 Å². The van der Waals surface area contributed by atoms with Crippen LogP contribution in [0.4, 0.5) is 4.39 Å². The van der Waals surface area contributed by atoms with Gasteiger partial charge in [-0.25, -0.2) is 4.39 Å². The molecule has 0 saturated carbocycles. The first-order chi connectivity index (χ1) is 5.11. The molecular formula is C8H16FNO. The summed E-state index contributed by atoms with van der Waals surface area (Å²) in [4.78, 5) is 2.10. The van der Waals surface area contributed by atoms with E-state index in [0.717, 1.165) is 19.5 Å². The Hall–Kier alpha value is -0.150. The third kappa shape index (κ3) is 2.14. The average Bonchev–Trinajstić information content (AvgIpc) is 2.34. The molecule has 3 unspecified atom stereocenters. The molecule has 0 bridgehead atoms. The summed E-state index contributed by atoms with van der Waals surface area (Å²) >= 11 is 0. The molecule has 1 aliphatic rings. The summed E-state index contributed by atoms with van der Waals surface area (Å²) in [6, 6.07) is 0. The van der Waals surface area contributed by atoms with E-state index >= 15 is 0 Å². The number of aliphatic hydroxyl groups excluding tert-OH is 1. The van der Waals surface area contributed by atoms with Crippen molar-refractivity contribution in [3.05, 3.63) is 0 Å². The SMILES string of the molecule is CC(O)C(F)C1CCN(C)C1. The molecule has 0 aromatic heterocycles. The van der Waals surface area contributed by atoms with Gasteiger partial charge in [0.25, 0.3) is 0 Å².